The minimum absolute atomic E-state index is 0.653. The maximum Gasteiger partial charge on any atom is 0.0248 e. The second kappa shape index (κ2) is 5.10. The summed E-state index contributed by atoms with van der Waals surface area (Å²) in [5.41, 5.74) is 10.5. The molecular formula is C16H19N. The van der Waals surface area contributed by atoms with E-state index in [1.807, 2.05) is 13.0 Å². The van der Waals surface area contributed by atoms with Gasteiger partial charge in [-0.25, -0.2) is 0 Å². The van der Waals surface area contributed by atoms with E-state index in [9.17, 15) is 0 Å². The van der Waals surface area contributed by atoms with Gasteiger partial charge in [-0.2, -0.15) is 0 Å². The van der Waals surface area contributed by atoms with Crippen molar-refractivity contribution in [3.63, 3.8) is 0 Å². The van der Waals surface area contributed by atoms with Gasteiger partial charge in [-0.15, -0.1) is 0 Å². The van der Waals surface area contributed by atoms with Crippen molar-refractivity contribution < 1.29 is 0 Å². The number of allylic oxidation sites excluding steroid dienone is 2. The Labute approximate surface area is 104 Å². The van der Waals surface area contributed by atoms with Gasteiger partial charge in [-0.1, -0.05) is 24.0 Å². The summed E-state index contributed by atoms with van der Waals surface area (Å²) < 4.78 is 0. The molecule has 0 radical (unpaired) electrons. The summed E-state index contributed by atoms with van der Waals surface area (Å²) in [6, 6.07) is 6.40. The third-order valence-corrected chi connectivity index (χ3v) is 3.11. The lowest BCUT2D eigenvalue weighted by molar-refractivity contribution is 1.08. The molecule has 0 atom stereocenters. The number of nitrogens with two attached hydrogens (primary N) is 1. The van der Waals surface area contributed by atoms with Crippen LogP contribution in [0.15, 0.2) is 30.0 Å². The number of benzene rings is 1. The van der Waals surface area contributed by atoms with Crippen LogP contribution < -0.4 is 5.73 Å². The molecule has 17 heavy (non-hydrogen) atoms. The molecule has 0 aliphatic heterocycles. The minimum Gasteiger partial charge on any atom is -0.402 e. The first kappa shape index (κ1) is 11.8. The van der Waals surface area contributed by atoms with Crippen LogP contribution in [-0.2, 0) is 6.42 Å². The first-order valence-electron chi connectivity index (χ1n) is 6.21. The van der Waals surface area contributed by atoms with E-state index in [4.69, 9.17) is 5.73 Å². The van der Waals surface area contributed by atoms with Crippen LogP contribution in [0.2, 0.25) is 0 Å². The first-order valence-corrected chi connectivity index (χ1v) is 6.21. The lowest BCUT2D eigenvalue weighted by Crippen LogP contribution is -2.02. The molecule has 1 nitrogen and oxygen atoms in total. The Bertz CT molecular complexity index is 496. The quantitative estimate of drug-likeness (QED) is 0.769. The van der Waals surface area contributed by atoms with Crippen molar-refractivity contribution >= 4 is 0 Å². The predicted octanol–water partition coefficient (Wildman–Crippen LogP) is 3.16. The Morgan fingerprint density at radius 2 is 2.24 bits per heavy atom. The second-order valence-corrected chi connectivity index (χ2v) is 4.73. The van der Waals surface area contributed by atoms with Crippen LogP contribution in [0.3, 0.4) is 0 Å². The van der Waals surface area contributed by atoms with Crippen LogP contribution in [0.1, 0.15) is 36.5 Å². The van der Waals surface area contributed by atoms with Crippen LogP contribution in [0, 0.1) is 24.7 Å². The molecule has 0 aromatic heterocycles. The van der Waals surface area contributed by atoms with E-state index in [-0.39, 0.29) is 0 Å². The van der Waals surface area contributed by atoms with E-state index >= 15 is 0 Å². The highest BCUT2D eigenvalue weighted by atomic mass is 14.6. The van der Waals surface area contributed by atoms with Gasteiger partial charge in [0.25, 0.3) is 0 Å². The van der Waals surface area contributed by atoms with Crippen LogP contribution in [-0.4, -0.2) is 0 Å². The maximum absolute atomic E-state index is 5.88. The monoisotopic (exact) mass is 225 g/mol. The van der Waals surface area contributed by atoms with Gasteiger partial charge in [0.1, 0.15) is 0 Å². The van der Waals surface area contributed by atoms with Crippen LogP contribution in [0.4, 0.5) is 0 Å². The molecule has 1 saturated carbocycles. The molecular weight excluding hydrogens is 206 g/mol. The van der Waals surface area contributed by atoms with Crippen LogP contribution >= 0.6 is 0 Å². The molecule has 1 aromatic carbocycles. The summed E-state index contributed by atoms with van der Waals surface area (Å²) in [5.74, 6) is 7.20. The highest BCUT2D eigenvalue weighted by molar-refractivity contribution is 5.42. The van der Waals surface area contributed by atoms with Crippen molar-refractivity contribution in [3.8, 4) is 11.8 Å². The molecule has 0 amide bonds. The fourth-order valence-corrected chi connectivity index (χ4v) is 1.67. The summed E-state index contributed by atoms with van der Waals surface area (Å²) >= 11 is 0. The molecule has 1 fully saturated rings. The average molecular weight is 225 g/mol. The third kappa shape index (κ3) is 3.39. The third-order valence-electron chi connectivity index (χ3n) is 3.11. The fourth-order valence-electron chi connectivity index (χ4n) is 1.67. The van der Waals surface area contributed by atoms with Crippen molar-refractivity contribution in [3.05, 3.63) is 46.7 Å². The number of hydrogen-bond donors (Lipinski definition) is 1. The number of aryl methyl sites for hydroxylation is 1. The van der Waals surface area contributed by atoms with Crippen molar-refractivity contribution in [1.29, 1.82) is 0 Å². The highest BCUT2D eigenvalue weighted by Gasteiger charge is 2.17. The van der Waals surface area contributed by atoms with Gasteiger partial charge in [-0.05, 0) is 49.9 Å². The molecule has 0 heterocycles. The van der Waals surface area contributed by atoms with Gasteiger partial charge in [0, 0.05) is 23.6 Å². The lowest BCUT2D eigenvalue weighted by Gasteiger charge is -2.06. The topological polar surface area (TPSA) is 26.0 Å². The van der Waals surface area contributed by atoms with Gasteiger partial charge < -0.3 is 5.73 Å². The Hall–Kier alpha value is -1.68. The average Bonchev–Trinajstić information content (AvgIpc) is 3.14. The summed E-state index contributed by atoms with van der Waals surface area (Å²) in [4.78, 5) is 0. The van der Waals surface area contributed by atoms with Crippen molar-refractivity contribution in [1.82, 2.24) is 0 Å². The standard InChI is InChI=1S/C16H19N/c1-3-16(17)11-15-10-14(5-4-12(15)2)9-8-13-6-7-13/h3-5,10,13H,6-7,11,17H2,1-2H3/b16-3-. The van der Waals surface area contributed by atoms with Crippen molar-refractivity contribution in [2.24, 2.45) is 11.7 Å². The van der Waals surface area contributed by atoms with Crippen LogP contribution in [0.25, 0.3) is 0 Å². The van der Waals surface area contributed by atoms with E-state index in [0.29, 0.717) is 5.92 Å². The fraction of sp³-hybridized carbons (Fsp3) is 0.375. The van der Waals surface area contributed by atoms with E-state index in [1.165, 1.54) is 24.0 Å². The zero-order valence-corrected chi connectivity index (χ0v) is 10.6. The first-order chi connectivity index (χ1) is 8.19. The zero-order valence-electron chi connectivity index (χ0n) is 10.6. The molecule has 1 aromatic rings. The second-order valence-electron chi connectivity index (χ2n) is 4.73. The molecule has 2 N–H and O–H groups in total. The molecule has 1 aliphatic rings. The number of rotatable bonds is 2. The molecule has 0 spiro atoms. The van der Waals surface area contributed by atoms with Crippen LogP contribution in [0.5, 0.6) is 0 Å². The summed E-state index contributed by atoms with van der Waals surface area (Å²) in [7, 11) is 0. The zero-order chi connectivity index (χ0) is 12.3. The summed E-state index contributed by atoms with van der Waals surface area (Å²) in [6.07, 6.45) is 5.33. The van der Waals surface area contributed by atoms with E-state index in [1.54, 1.807) is 0 Å². The van der Waals surface area contributed by atoms with Crippen molar-refractivity contribution in [2.75, 3.05) is 0 Å². The van der Waals surface area contributed by atoms with Crippen molar-refractivity contribution in [2.45, 2.75) is 33.1 Å². The predicted molar refractivity (Wildman–Crippen MR) is 72.4 cm³/mol. The molecule has 1 heteroatoms. The maximum atomic E-state index is 5.88. The number of hydrogen-bond acceptors (Lipinski definition) is 1. The van der Waals surface area contributed by atoms with E-state index < -0.39 is 0 Å². The van der Waals surface area contributed by atoms with E-state index in [0.717, 1.165) is 17.7 Å². The molecule has 1 aliphatic carbocycles. The van der Waals surface area contributed by atoms with Gasteiger partial charge >= 0.3 is 0 Å². The molecule has 0 saturated heterocycles. The Balaban J connectivity index is 2.20. The highest BCUT2D eigenvalue weighted by Crippen LogP contribution is 2.27. The van der Waals surface area contributed by atoms with Gasteiger partial charge in [-0.3, -0.25) is 0 Å². The molecule has 0 unspecified atom stereocenters. The minimum atomic E-state index is 0.653. The van der Waals surface area contributed by atoms with Gasteiger partial charge in [0.15, 0.2) is 0 Å². The Morgan fingerprint density at radius 1 is 1.47 bits per heavy atom. The van der Waals surface area contributed by atoms with E-state index in [2.05, 4.69) is 37.0 Å². The van der Waals surface area contributed by atoms with Gasteiger partial charge in [0.2, 0.25) is 0 Å². The Kier molecular flexibility index (Phi) is 3.54. The molecule has 88 valence electrons. The largest absolute Gasteiger partial charge is 0.402 e. The lowest BCUT2D eigenvalue weighted by atomic mass is 10.0. The Morgan fingerprint density at radius 3 is 2.88 bits per heavy atom. The summed E-state index contributed by atoms with van der Waals surface area (Å²) in [5, 5.41) is 0. The smallest absolute Gasteiger partial charge is 0.0248 e. The van der Waals surface area contributed by atoms with Gasteiger partial charge in [0.05, 0.1) is 0 Å². The molecule has 0 bridgehead atoms. The molecule has 2 rings (SSSR count). The SMILES string of the molecule is C/C=C(\N)Cc1cc(C#CC2CC2)ccc1C. The normalized spacial score (nSPS) is 15.3. The summed E-state index contributed by atoms with van der Waals surface area (Å²) in [6.45, 7) is 4.10.